The molecule has 0 amide bonds. The smallest absolute Gasteiger partial charge is 0.0903 e. The number of hydrogen-bond acceptors (Lipinski definition) is 2. The van der Waals surface area contributed by atoms with Crippen LogP contribution >= 0.6 is 22.9 Å². The molecule has 0 bridgehead atoms. The maximum atomic E-state index is 6.10. The minimum absolute atomic E-state index is 0.788. The summed E-state index contributed by atoms with van der Waals surface area (Å²) in [5.41, 5.74) is 1.01. The van der Waals surface area contributed by atoms with Crippen molar-refractivity contribution in [1.29, 1.82) is 0 Å². The highest BCUT2D eigenvalue weighted by atomic mass is 35.5. The van der Waals surface area contributed by atoms with Gasteiger partial charge < -0.3 is 0 Å². The fourth-order valence-corrected chi connectivity index (χ4v) is 2.90. The first-order chi connectivity index (χ1) is 6.86. The van der Waals surface area contributed by atoms with Crippen LogP contribution in [0.4, 0.5) is 0 Å². The summed E-state index contributed by atoms with van der Waals surface area (Å²) >= 11 is 7.79. The summed E-state index contributed by atoms with van der Waals surface area (Å²) in [5, 5.41) is 1.98. The van der Waals surface area contributed by atoms with E-state index in [1.807, 2.05) is 18.2 Å². The number of benzene rings is 1. The lowest BCUT2D eigenvalue weighted by Crippen LogP contribution is -1.72. The SMILES string of the molecule is Clc1ccnc2c1sc1ccccc12. The lowest BCUT2D eigenvalue weighted by Gasteiger charge is -1.90. The van der Waals surface area contributed by atoms with E-state index in [0.29, 0.717) is 0 Å². The highest BCUT2D eigenvalue weighted by Gasteiger charge is 2.07. The number of hydrogen-bond donors (Lipinski definition) is 0. The van der Waals surface area contributed by atoms with Gasteiger partial charge in [-0.2, -0.15) is 0 Å². The van der Waals surface area contributed by atoms with Crippen molar-refractivity contribution in [2.24, 2.45) is 0 Å². The zero-order valence-corrected chi connectivity index (χ0v) is 8.77. The summed E-state index contributed by atoms with van der Waals surface area (Å²) < 4.78 is 2.32. The highest BCUT2D eigenvalue weighted by molar-refractivity contribution is 7.26. The van der Waals surface area contributed by atoms with E-state index in [9.17, 15) is 0 Å². The second-order valence-corrected chi connectivity index (χ2v) is 4.53. The first-order valence-corrected chi connectivity index (χ1v) is 5.47. The van der Waals surface area contributed by atoms with Crippen LogP contribution in [0.5, 0.6) is 0 Å². The van der Waals surface area contributed by atoms with E-state index in [-0.39, 0.29) is 0 Å². The van der Waals surface area contributed by atoms with Crippen LogP contribution in [0.3, 0.4) is 0 Å². The molecular weight excluding hydrogens is 214 g/mol. The van der Waals surface area contributed by atoms with Crippen LogP contribution in [0.25, 0.3) is 20.3 Å². The third-order valence-corrected chi connectivity index (χ3v) is 3.83. The number of nitrogens with zero attached hydrogens (tertiary/aromatic N) is 1. The van der Waals surface area contributed by atoms with E-state index in [0.717, 1.165) is 15.2 Å². The molecule has 1 aromatic carbocycles. The standard InChI is InChI=1S/C11H6ClNS/c12-8-5-6-13-10-7-3-1-2-4-9(7)14-11(8)10/h1-6H. The molecule has 2 aromatic heterocycles. The predicted molar refractivity (Wildman–Crippen MR) is 62.1 cm³/mol. The Balaban J connectivity index is 2.63. The molecule has 3 aromatic rings. The Kier molecular flexibility index (Phi) is 1.72. The lowest BCUT2D eigenvalue weighted by atomic mass is 10.2. The fraction of sp³-hybridized carbons (Fsp3) is 0. The number of aromatic nitrogens is 1. The summed E-state index contributed by atoms with van der Waals surface area (Å²) in [7, 11) is 0. The van der Waals surface area contributed by atoms with Gasteiger partial charge in [0.25, 0.3) is 0 Å². The summed E-state index contributed by atoms with van der Waals surface area (Å²) in [5.74, 6) is 0. The van der Waals surface area contributed by atoms with Crippen LogP contribution < -0.4 is 0 Å². The minimum atomic E-state index is 0.788. The molecule has 0 aliphatic rings. The van der Waals surface area contributed by atoms with E-state index in [1.54, 1.807) is 17.5 Å². The van der Waals surface area contributed by atoms with E-state index in [2.05, 4.69) is 17.1 Å². The second-order valence-electron chi connectivity index (χ2n) is 3.07. The van der Waals surface area contributed by atoms with Crippen LogP contribution in [0.1, 0.15) is 0 Å². The lowest BCUT2D eigenvalue weighted by molar-refractivity contribution is 1.44. The summed E-state index contributed by atoms with van der Waals surface area (Å²) in [4.78, 5) is 4.36. The van der Waals surface area contributed by atoms with Gasteiger partial charge in [-0.1, -0.05) is 29.8 Å². The molecule has 0 radical (unpaired) electrons. The number of thiophene rings is 1. The van der Waals surface area contributed by atoms with Crippen LogP contribution in [0.2, 0.25) is 5.02 Å². The van der Waals surface area contributed by atoms with Crippen LogP contribution in [0.15, 0.2) is 36.5 Å². The second kappa shape index (κ2) is 2.94. The van der Waals surface area contributed by atoms with Gasteiger partial charge in [-0.05, 0) is 12.1 Å². The quantitative estimate of drug-likeness (QED) is 0.555. The number of halogens is 1. The Bertz CT molecular complexity index is 615. The fourth-order valence-electron chi connectivity index (χ4n) is 1.57. The van der Waals surface area contributed by atoms with Crippen LogP contribution in [-0.4, -0.2) is 4.98 Å². The van der Waals surface area contributed by atoms with Crippen molar-refractivity contribution in [2.45, 2.75) is 0 Å². The molecule has 3 rings (SSSR count). The normalized spacial score (nSPS) is 11.2. The van der Waals surface area contributed by atoms with Crippen molar-refractivity contribution in [3.63, 3.8) is 0 Å². The average Bonchev–Trinajstić information content (AvgIpc) is 2.59. The molecule has 0 N–H and O–H groups in total. The van der Waals surface area contributed by atoms with Gasteiger partial charge in [-0.25, -0.2) is 0 Å². The molecule has 0 spiro atoms. The maximum Gasteiger partial charge on any atom is 0.0903 e. The van der Waals surface area contributed by atoms with Gasteiger partial charge in [0.15, 0.2) is 0 Å². The van der Waals surface area contributed by atoms with Gasteiger partial charge in [-0.15, -0.1) is 11.3 Å². The summed E-state index contributed by atoms with van der Waals surface area (Å²) in [6, 6.07) is 10.1. The molecule has 0 aliphatic carbocycles. The monoisotopic (exact) mass is 219 g/mol. The van der Waals surface area contributed by atoms with Gasteiger partial charge in [0, 0.05) is 16.3 Å². The maximum absolute atomic E-state index is 6.10. The van der Waals surface area contributed by atoms with E-state index >= 15 is 0 Å². The number of pyridine rings is 1. The Morgan fingerprint density at radius 2 is 2.00 bits per heavy atom. The van der Waals surface area contributed by atoms with Gasteiger partial charge >= 0.3 is 0 Å². The molecule has 0 aliphatic heterocycles. The molecule has 0 atom stereocenters. The molecule has 0 fully saturated rings. The van der Waals surface area contributed by atoms with Crippen molar-refractivity contribution < 1.29 is 0 Å². The minimum Gasteiger partial charge on any atom is -0.255 e. The van der Waals surface area contributed by atoms with Crippen molar-refractivity contribution >= 4 is 43.2 Å². The zero-order valence-electron chi connectivity index (χ0n) is 7.20. The van der Waals surface area contributed by atoms with Crippen molar-refractivity contribution in [2.75, 3.05) is 0 Å². The average molecular weight is 220 g/mol. The molecule has 0 unspecified atom stereocenters. The topological polar surface area (TPSA) is 12.9 Å². The highest BCUT2D eigenvalue weighted by Crippen LogP contribution is 2.35. The Hall–Kier alpha value is -1.12. The molecule has 14 heavy (non-hydrogen) atoms. The summed E-state index contributed by atoms with van der Waals surface area (Å²) in [6.45, 7) is 0. The first kappa shape index (κ1) is 8.21. The van der Waals surface area contributed by atoms with Gasteiger partial charge in [0.1, 0.15) is 0 Å². The molecule has 2 heterocycles. The van der Waals surface area contributed by atoms with Crippen LogP contribution in [0, 0.1) is 0 Å². The molecular formula is C11H6ClNS. The molecule has 68 valence electrons. The largest absolute Gasteiger partial charge is 0.255 e. The Labute approximate surface area is 90.0 Å². The van der Waals surface area contributed by atoms with Gasteiger partial charge in [-0.3, -0.25) is 4.98 Å². The number of fused-ring (bicyclic) bond motifs is 3. The predicted octanol–water partition coefficient (Wildman–Crippen LogP) is 4.10. The van der Waals surface area contributed by atoms with Gasteiger partial charge in [0.05, 0.1) is 15.2 Å². The Morgan fingerprint density at radius 3 is 2.93 bits per heavy atom. The van der Waals surface area contributed by atoms with E-state index < -0.39 is 0 Å². The van der Waals surface area contributed by atoms with Gasteiger partial charge in [0.2, 0.25) is 0 Å². The molecule has 0 saturated carbocycles. The third-order valence-electron chi connectivity index (χ3n) is 2.21. The van der Waals surface area contributed by atoms with Crippen molar-refractivity contribution in [1.82, 2.24) is 4.98 Å². The van der Waals surface area contributed by atoms with E-state index in [1.165, 1.54) is 10.1 Å². The van der Waals surface area contributed by atoms with Crippen molar-refractivity contribution in [3.05, 3.63) is 41.6 Å². The summed E-state index contributed by atoms with van der Waals surface area (Å²) in [6.07, 6.45) is 1.75. The molecule has 3 heteroatoms. The molecule has 0 saturated heterocycles. The van der Waals surface area contributed by atoms with E-state index in [4.69, 9.17) is 11.6 Å². The zero-order chi connectivity index (χ0) is 9.54. The Morgan fingerprint density at radius 1 is 1.14 bits per heavy atom. The van der Waals surface area contributed by atoms with Crippen LogP contribution in [-0.2, 0) is 0 Å². The number of rotatable bonds is 0. The first-order valence-electron chi connectivity index (χ1n) is 4.28. The third kappa shape index (κ3) is 1.04. The van der Waals surface area contributed by atoms with Crippen molar-refractivity contribution in [3.8, 4) is 0 Å². The molecule has 1 nitrogen and oxygen atoms in total.